The number of piperidine rings is 1. The molecule has 0 radical (unpaired) electrons. The Labute approximate surface area is 219 Å². The van der Waals surface area contributed by atoms with Gasteiger partial charge < -0.3 is 9.38 Å². The molecule has 1 saturated carbocycles. The van der Waals surface area contributed by atoms with Gasteiger partial charge in [0.1, 0.15) is 6.04 Å². The number of allylic oxidation sites excluding steroid dienone is 1. The Balaban J connectivity index is 1.44. The number of likely N-dealkylation sites (tertiary alicyclic amines) is 1. The van der Waals surface area contributed by atoms with Gasteiger partial charge in [-0.05, 0) is 35.8 Å². The minimum absolute atomic E-state index is 0.0165. The van der Waals surface area contributed by atoms with Crippen LogP contribution in [0, 0.1) is 17.8 Å². The molecule has 2 aliphatic carbocycles. The number of carbonyl (C=O) groups is 2. The highest BCUT2D eigenvalue weighted by molar-refractivity contribution is 5.89. The Kier molecular flexibility index (Phi) is 8.44. The Hall–Kier alpha value is -1.94. The molecule has 4 nitrogen and oxygen atoms in total. The van der Waals surface area contributed by atoms with Gasteiger partial charge in [0.25, 0.3) is 0 Å². The molecular weight excluding hydrogens is 444 g/mol. The summed E-state index contributed by atoms with van der Waals surface area (Å²) in [6.07, 6.45) is 15.3. The van der Waals surface area contributed by atoms with E-state index in [2.05, 4.69) is 76.3 Å². The summed E-state index contributed by atoms with van der Waals surface area (Å²) in [5.41, 5.74) is 2.81. The van der Waals surface area contributed by atoms with Gasteiger partial charge in [0.2, 0.25) is 5.91 Å². The minimum Gasteiger partial charge on any atom is -0.342 e. The van der Waals surface area contributed by atoms with E-state index >= 15 is 0 Å². The van der Waals surface area contributed by atoms with Crippen molar-refractivity contribution < 1.29 is 14.1 Å². The molecule has 2 fully saturated rings. The molecule has 1 aromatic rings. The quantitative estimate of drug-likeness (QED) is 0.382. The van der Waals surface area contributed by atoms with Crippen LogP contribution in [0.5, 0.6) is 0 Å². The number of carbonyl (C=O) groups excluding carboxylic acids is 2. The highest BCUT2D eigenvalue weighted by atomic mass is 16.2. The lowest BCUT2D eigenvalue weighted by Gasteiger charge is -2.41. The Bertz CT molecular complexity index is 945. The first-order chi connectivity index (χ1) is 17.1. The number of likely N-dealkylation sites (N-methyl/N-ethyl adjacent to an activating group) is 1. The zero-order valence-electron chi connectivity index (χ0n) is 23.5. The first kappa shape index (κ1) is 27.1. The van der Waals surface area contributed by atoms with Crippen molar-refractivity contribution >= 4 is 17.8 Å². The fourth-order valence-corrected chi connectivity index (χ4v) is 7.02. The van der Waals surface area contributed by atoms with E-state index in [1.807, 2.05) is 0 Å². The van der Waals surface area contributed by atoms with Crippen molar-refractivity contribution in [2.45, 2.75) is 89.5 Å². The molecule has 1 amide bonds. The zero-order valence-corrected chi connectivity index (χ0v) is 23.5. The normalized spacial score (nSPS) is 22.3. The van der Waals surface area contributed by atoms with Crippen LogP contribution in [-0.4, -0.2) is 61.3 Å². The first-order valence-corrected chi connectivity index (χ1v) is 14.6. The molecule has 4 rings (SSSR count). The molecule has 0 aromatic heterocycles. The van der Waals surface area contributed by atoms with Crippen molar-refractivity contribution in [3.8, 4) is 0 Å². The summed E-state index contributed by atoms with van der Waals surface area (Å²) in [5.74, 6) is 1.17. The third-order valence-corrected chi connectivity index (χ3v) is 9.70. The van der Waals surface area contributed by atoms with Gasteiger partial charge in [0.05, 0.1) is 21.1 Å². The van der Waals surface area contributed by atoms with Gasteiger partial charge in [-0.2, -0.15) is 0 Å². The van der Waals surface area contributed by atoms with E-state index < -0.39 is 0 Å². The lowest BCUT2D eigenvalue weighted by Crippen LogP contribution is -2.52. The molecule has 3 atom stereocenters. The number of quaternary nitrogens is 1. The number of amides is 1. The summed E-state index contributed by atoms with van der Waals surface area (Å²) in [6.45, 7) is 5.87. The maximum atomic E-state index is 13.9. The monoisotopic (exact) mass is 493 g/mol. The first-order valence-electron chi connectivity index (χ1n) is 14.6. The van der Waals surface area contributed by atoms with Gasteiger partial charge in [0, 0.05) is 37.3 Å². The highest BCUT2D eigenvalue weighted by Gasteiger charge is 2.42. The number of Topliss-reactive ketones (excluding diaryl/α,β-unsaturated/α-hetero) is 1. The van der Waals surface area contributed by atoms with Crippen LogP contribution in [0.1, 0.15) is 89.2 Å². The van der Waals surface area contributed by atoms with E-state index in [4.69, 9.17) is 0 Å². The molecule has 0 N–H and O–H groups in total. The van der Waals surface area contributed by atoms with Crippen LogP contribution >= 0.6 is 0 Å². The smallest absolute Gasteiger partial charge is 0.226 e. The second-order valence-electron chi connectivity index (χ2n) is 12.9. The summed E-state index contributed by atoms with van der Waals surface area (Å²) in [4.78, 5) is 29.8. The predicted octanol–water partition coefficient (Wildman–Crippen LogP) is 6.24. The molecule has 36 heavy (non-hydrogen) atoms. The van der Waals surface area contributed by atoms with Crippen LogP contribution in [-0.2, 0) is 15.0 Å². The molecule has 4 heteroatoms. The largest absolute Gasteiger partial charge is 0.342 e. The average molecular weight is 494 g/mol. The summed E-state index contributed by atoms with van der Waals surface area (Å²) in [6, 6.07) is 8.67. The predicted molar refractivity (Wildman–Crippen MR) is 149 cm³/mol. The Morgan fingerprint density at radius 1 is 1.06 bits per heavy atom. The zero-order chi connectivity index (χ0) is 25.9. The van der Waals surface area contributed by atoms with Gasteiger partial charge >= 0.3 is 0 Å². The highest BCUT2D eigenvalue weighted by Crippen LogP contribution is 2.44. The maximum absolute atomic E-state index is 13.9. The fourth-order valence-electron chi connectivity index (χ4n) is 7.02. The van der Waals surface area contributed by atoms with Crippen LogP contribution in [0.2, 0.25) is 0 Å². The van der Waals surface area contributed by atoms with Gasteiger partial charge in [-0.15, -0.1) is 0 Å². The van der Waals surface area contributed by atoms with E-state index in [1.54, 1.807) is 0 Å². The molecule has 1 spiro atoms. The van der Waals surface area contributed by atoms with Crippen molar-refractivity contribution in [1.29, 1.82) is 0 Å². The summed E-state index contributed by atoms with van der Waals surface area (Å²) < 4.78 is 0.661. The lowest BCUT2D eigenvalue weighted by atomic mass is 9.74. The SMILES string of the molecule is CC[C@H](C)[C@H](CC(=O)[C@H](CC1CCCCC1)[N+](C)(C)C)C(=O)N1CCC2(C=Cc3ccccc32)CC1. The summed E-state index contributed by atoms with van der Waals surface area (Å²) >= 11 is 0. The van der Waals surface area contributed by atoms with Gasteiger partial charge in [-0.25, -0.2) is 0 Å². The van der Waals surface area contributed by atoms with Gasteiger partial charge in [-0.3, -0.25) is 9.59 Å². The number of hydrogen-bond acceptors (Lipinski definition) is 2. The molecule has 198 valence electrons. The molecule has 1 aliphatic heterocycles. The third kappa shape index (κ3) is 5.79. The van der Waals surface area contributed by atoms with Crippen LogP contribution in [0.25, 0.3) is 6.08 Å². The van der Waals surface area contributed by atoms with Crippen molar-refractivity contribution in [3.63, 3.8) is 0 Å². The van der Waals surface area contributed by atoms with Crippen LogP contribution < -0.4 is 0 Å². The van der Waals surface area contributed by atoms with Gasteiger partial charge in [-0.1, -0.05) is 88.8 Å². The van der Waals surface area contributed by atoms with Gasteiger partial charge in [0.15, 0.2) is 5.78 Å². The Morgan fingerprint density at radius 3 is 2.36 bits per heavy atom. The van der Waals surface area contributed by atoms with Crippen LogP contribution in [0.3, 0.4) is 0 Å². The summed E-state index contributed by atoms with van der Waals surface area (Å²) in [7, 11) is 6.47. The molecule has 0 bridgehead atoms. The number of rotatable bonds is 9. The van der Waals surface area contributed by atoms with E-state index in [9.17, 15) is 9.59 Å². The second-order valence-corrected chi connectivity index (χ2v) is 12.9. The molecule has 1 aromatic carbocycles. The molecular formula is C32H49N2O2+. The van der Waals surface area contributed by atoms with Crippen molar-refractivity contribution in [3.05, 3.63) is 41.5 Å². The molecule has 3 aliphatic rings. The summed E-state index contributed by atoms with van der Waals surface area (Å²) in [5, 5.41) is 0. The number of ketones is 1. The minimum atomic E-state index is -0.205. The molecule has 1 heterocycles. The third-order valence-electron chi connectivity index (χ3n) is 9.70. The van der Waals surface area contributed by atoms with E-state index in [1.165, 1.54) is 43.2 Å². The van der Waals surface area contributed by atoms with Crippen LogP contribution in [0.4, 0.5) is 0 Å². The number of benzene rings is 1. The number of hydrogen-bond donors (Lipinski definition) is 0. The van der Waals surface area contributed by atoms with E-state index in [-0.39, 0.29) is 29.2 Å². The van der Waals surface area contributed by atoms with Crippen molar-refractivity contribution in [1.82, 2.24) is 4.90 Å². The molecule has 1 saturated heterocycles. The van der Waals surface area contributed by atoms with E-state index in [0.29, 0.717) is 22.6 Å². The standard InChI is InChI=1S/C32H49N2O2/c1-6-24(2)27(23-30(35)29(34(3,4)5)22-25-12-8-7-9-13-25)31(36)33-20-18-32(19-21-33)17-16-26-14-10-11-15-28(26)32/h10-11,14-17,24-25,27,29H,6-9,12-13,18-23H2,1-5H3/q+1/t24-,27-,29-/m0/s1. The topological polar surface area (TPSA) is 37.4 Å². The number of nitrogens with zero attached hydrogens (tertiary/aromatic N) is 2. The second kappa shape index (κ2) is 11.2. The lowest BCUT2D eigenvalue weighted by molar-refractivity contribution is -0.887. The van der Waals surface area contributed by atoms with E-state index in [0.717, 1.165) is 38.8 Å². The maximum Gasteiger partial charge on any atom is 0.226 e. The van der Waals surface area contributed by atoms with Crippen molar-refractivity contribution in [2.24, 2.45) is 17.8 Å². The molecule has 0 unspecified atom stereocenters. The van der Waals surface area contributed by atoms with Crippen molar-refractivity contribution in [2.75, 3.05) is 34.2 Å². The average Bonchev–Trinajstić information content (AvgIpc) is 3.23. The number of fused-ring (bicyclic) bond motifs is 2. The fraction of sp³-hybridized carbons (Fsp3) is 0.688. The van der Waals surface area contributed by atoms with Crippen LogP contribution in [0.15, 0.2) is 30.3 Å². The Morgan fingerprint density at radius 2 is 1.72 bits per heavy atom.